The van der Waals surface area contributed by atoms with Gasteiger partial charge in [0, 0.05) is 0 Å². The van der Waals surface area contributed by atoms with Gasteiger partial charge in [-0.2, -0.15) is 0 Å². The molecule has 1 fully saturated rings. The van der Waals surface area contributed by atoms with E-state index in [0.717, 1.165) is 12.0 Å². The second kappa shape index (κ2) is 4.12. The average molecular weight is 248 g/mol. The Morgan fingerprint density at radius 2 is 1.72 bits per heavy atom. The van der Waals surface area contributed by atoms with Gasteiger partial charge in [-0.3, -0.25) is 4.79 Å². The van der Waals surface area contributed by atoms with Crippen molar-refractivity contribution >= 4 is 11.9 Å². The lowest BCUT2D eigenvalue weighted by molar-refractivity contribution is -0.147. The fraction of sp³-hybridized carbons (Fsp3) is 0.429. The summed E-state index contributed by atoms with van der Waals surface area (Å²) in [4.78, 5) is 22.6. The van der Waals surface area contributed by atoms with E-state index < -0.39 is 17.4 Å². The van der Waals surface area contributed by atoms with Crippen LogP contribution in [-0.4, -0.2) is 22.2 Å². The minimum Gasteiger partial charge on any atom is -0.481 e. The molecule has 0 aliphatic heterocycles. The van der Waals surface area contributed by atoms with Gasteiger partial charge in [0.25, 0.3) is 0 Å². The summed E-state index contributed by atoms with van der Waals surface area (Å²) < 4.78 is 0. The highest BCUT2D eigenvalue weighted by Gasteiger charge is 2.47. The molecule has 0 atom stereocenters. The number of carboxylic acid groups (broad SMARTS) is 2. The lowest BCUT2D eigenvalue weighted by Gasteiger charge is -2.39. The van der Waals surface area contributed by atoms with Crippen molar-refractivity contribution < 1.29 is 19.8 Å². The predicted molar refractivity (Wildman–Crippen MR) is 66.0 cm³/mol. The van der Waals surface area contributed by atoms with Crippen LogP contribution < -0.4 is 0 Å². The molecule has 4 heteroatoms. The Kier molecular flexibility index (Phi) is 2.89. The Morgan fingerprint density at radius 1 is 1.11 bits per heavy atom. The van der Waals surface area contributed by atoms with Crippen LogP contribution in [0.1, 0.15) is 46.3 Å². The van der Waals surface area contributed by atoms with Crippen LogP contribution in [0.2, 0.25) is 0 Å². The molecule has 0 radical (unpaired) electrons. The van der Waals surface area contributed by atoms with Crippen LogP contribution in [0.3, 0.4) is 0 Å². The molecule has 18 heavy (non-hydrogen) atoms. The first kappa shape index (κ1) is 12.6. The van der Waals surface area contributed by atoms with Crippen LogP contribution in [0.4, 0.5) is 0 Å². The quantitative estimate of drug-likeness (QED) is 0.861. The van der Waals surface area contributed by atoms with E-state index in [1.54, 1.807) is 19.1 Å². The number of carbonyl (C=O) groups is 2. The largest absolute Gasteiger partial charge is 0.481 e. The van der Waals surface area contributed by atoms with Gasteiger partial charge >= 0.3 is 11.9 Å². The summed E-state index contributed by atoms with van der Waals surface area (Å²) in [5.74, 6) is -1.86. The molecule has 1 aliphatic carbocycles. The minimum absolute atomic E-state index is 0.197. The smallest absolute Gasteiger partial charge is 0.335 e. The van der Waals surface area contributed by atoms with Gasteiger partial charge in [0.05, 0.1) is 11.0 Å². The first-order valence-corrected chi connectivity index (χ1v) is 5.97. The van der Waals surface area contributed by atoms with Gasteiger partial charge in [0.2, 0.25) is 0 Å². The molecule has 0 bridgehead atoms. The highest BCUT2D eigenvalue weighted by Crippen LogP contribution is 2.45. The molecule has 0 unspecified atom stereocenters. The van der Waals surface area contributed by atoms with E-state index in [4.69, 9.17) is 5.11 Å². The van der Waals surface area contributed by atoms with Crippen molar-refractivity contribution in [2.75, 3.05) is 0 Å². The summed E-state index contributed by atoms with van der Waals surface area (Å²) in [6, 6.07) is 3.31. The summed E-state index contributed by atoms with van der Waals surface area (Å²) in [6.45, 7) is 3.57. The standard InChI is InChI=1S/C14H16O4/c1-8-6-9(2)11(7-10(8)12(15)16)14(13(17)18)4-3-5-14/h6-7H,3-5H2,1-2H3,(H,15,16)(H,17,18). The summed E-state index contributed by atoms with van der Waals surface area (Å²) in [7, 11) is 0. The Balaban J connectivity index is 2.60. The molecule has 0 saturated heterocycles. The second-order valence-electron chi connectivity index (χ2n) is 5.03. The molecule has 0 amide bonds. The van der Waals surface area contributed by atoms with Crippen molar-refractivity contribution in [3.8, 4) is 0 Å². The van der Waals surface area contributed by atoms with Crippen molar-refractivity contribution in [2.45, 2.75) is 38.5 Å². The maximum atomic E-state index is 11.5. The molecule has 0 spiro atoms. The summed E-state index contributed by atoms with van der Waals surface area (Å²) >= 11 is 0. The van der Waals surface area contributed by atoms with Crippen LogP contribution in [0.15, 0.2) is 12.1 Å². The number of aryl methyl sites for hydroxylation is 2. The van der Waals surface area contributed by atoms with Gasteiger partial charge in [0.15, 0.2) is 0 Å². The number of aromatic carboxylic acids is 1. The van der Waals surface area contributed by atoms with Crippen molar-refractivity contribution in [1.82, 2.24) is 0 Å². The molecule has 0 heterocycles. The molecule has 2 rings (SSSR count). The number of aliphatic carboxylic acids is 1. The van der Waals surface area contributed by atoms with Gasteiger partial charge in [-0.1, -0.05) is 12.5 Å². The molecule has 1 saturated carbocycles. The van der Waals surface area contributed by atoms with Gasteiger partial charge < -0.3 is 10.2 Å². The topological polar surface area (TPSA) is 74.6 Å². The monoisotopic (exact) mass is 248 g/mol. The van der Waals surface area contributed by atoms with Gasteiger partial charge in [0.1, 0.15) is 0 Å². The van der Waals surface area contributed by atoms with Gasteiger partial charge in [-0.15, -0.1) is 0 Å². The minimum atomic E-state index is -1.01. The third kappa shape index (κ3) is 1.68. The Hall–Kier alpha value is -1.84. The Morgan fingerprint density at radius 3 is 2.11 bits per heavy atom. The highest BCUT2D eigenvalue weighted by atomic mass is 16.4. The lowest BCUT2D eigenvalue weighted by Crippen LogP contribution is -2.43. The summed E-state index contributed by atoms with van der Waals surface area (Å²) in [5, 5.41) is 18.5. The van der Waals surface area contributed by atoms with Gasteiger partial charge in [-0.05, 0) is 49.4 Å². The molecular formula is C14H16O4. The van der Waals surface area contributed by atoms with Crippen molar-refractivity contribution in [3.63, 3.8) is 0 Å². The fourth-order valence-electron chi connectivity index (χ4n) is 2.73. The zero-order valence-electron chi connectivity index (χ0n) is 10.5. The van der Waals surface area contributed by atoms with Crippen molar-refractivity contribution in [3.05, 3.63) is 34.4 Å². The molecule has 1 aliphatic rings. The van der Waals surface area contributed by atoms with Crippen LogP contribution in [0, 0.1) is 13.8 Å². The van der Waals surface area contributed by atoms with Crippen LogP contribution in [0.25, 0.3) is 0 Å². The number of hydrogen-bond donors (Lipinski definition) is 2. The molecule has 1 aromatic carbocycles. The van der Waals surface area contributed by atoms with Crippen molar-refractivity contribution in [1.29, 1.82) is 0 Å². The molecule has 4 nitrogen and oxygen atoms in total. The zero-order valence-corrected chi connectivity index (χ0v) is 10.5. The molecule has 1 aromatic rings. The number of carboxylic acids is 2. The SMILES string of the molecule is Cc1cc(C)c(C2(C(=O)O)CCC2)cc1C(=O)O. The number of benzene rings is 1. The lowest BCUT2D eigenvalue weighted by atomic mass is 9.63. The second-order valence-corrected chi connectivity index (χ2v) is 5.03. The predicted octanol–water partition coefficient (Wildman–Crippen LogP) is 2.51. The third-order valence-electron chi connectivity index (χ3n) is 3.93. The number of rotatable bonds is 3. The third-order valence-corrected chi connectivity index (χ3v) is 3.93. The van der Waals surface area contributed by atoms with E-state index in [1.807, 2.05) is 6.92 Å². The summed E-state index contributed by atoms with van der Waals surface area (Å²) in [6.07, 6.45) is 2.05. The Bertz CT molecular complexity index is 527. The first-order valence-electron chi connectivity index (χ1n) is 5.97. The van der Waals surface area contributed by atoms with Crippen molar-refractivity contribution in [2.24, 2.45) is 0 Å². The van der Waals surface area contributed by atoms with Gasteiger partial charge in [-0.25, -0.2) is 4.79 Å². The average Bonchev–Trinajstić information content (AvgIpc) is 2.18. The molecule has 96 valence electrons. The van der Waals surface area contributed by atoms with E-state index in [1.165, 1.54) is 0 Å². The maximum absolute atomic E-state index is 11.5. The maximum Gasteiger partial charge on any atom is 0.335 e. The van der Waals surface area contributed by atoms with E-state index in [-0.39, 0.29) is 5.56 Å². The van der Waals surface area contributed by atoms with E-state index in [0.29, 0.717) is 24.0 Å². The highest BCUT2D eigenvalue weighted by molar-refractivity contribution is 5.91. The van der Waals surface area contributed by atoms with Crippen LogP contribution >= 0.6 is 0 Å². The van der Waals surface area contributed by atoms with Crippen LogP contribution in [-0.2, 0) is 10.2 Å². The molecule has 2 N–H and O–H groups in total. The fourth-order valence-corrected chi connectivity index (χ4v) is 2.73. The molecular weight excluding hydrogens is 232 g/mol. The first-order chi connectivity index (χ1) is 8.38. The van der Waals surface area contributed by atoms with E-state index in [9.17, 15) is 14.7 Å². The zero-order chi connectivity index (χ0) is 13.5. The van der Waals surface area contributed by atoms with Crippen LogP contribution in [0.5, 0.6) is 0 Å². The normalized spacial score (nSPS) is 17.0. The summed E-state index contributed by atoms with van der Waals surface area (Å²) in [5.41, 5.74) is 1.51. The Labute approximate surface area is 105 Å². The van der Waals surface area contributed by atoms with E-state index >= 15 is 0 Å². The molecule has 0 aromatic heterocycles. The number of hydrogen-bond acceptors (Lipinski definition) is 2. The van der Waals surface area contributed by atoms with E-state index in [2.05, 4.69) is 0 Å².